The van der Waals surface area contributed by atoms with Gasteiger partial charge in [-0.2, -0.15) is 0 Å². The standard InChI is InChI=1S/C20H19F4N3O3/c1-19(6-5-14(16(21)17(19)22)30-9-20(2,23)24)15-8-29-18(28)27(15)11-3-4-12-13(7-11)26-10-25-12/h3-7,10,15,17H,8-9H2,1-2H3,(H,25,26)/t15-,17?,19?/m1/s1. The Morgan fingerprint density at radius 1 is 1.43 bits per heavy atom. The lowest BCUT2D eigenvalue weighted by atomic mass is 9.74. The van der Waals surface area contributed by atoms with Crippen LogP contribution in [0.3, 0.4) is 0 Å². The molecule has 1 aromatic heterocycles. The number of carbonyl (C=O) groups excluding carboxylic acids is 1. The van der Waals surface area contributed by atoms with Crippen LogP contribution in [0.4, 0.5) is 28.0 Å². The van der Waals surface area contributed by atoms with Gasteiger partial charge in [0.25, 0.3) is 5.92 Å². The molecule has 6 nitrogen and oxygen atoms in total. The molecule has 0 spiro atoms. The van der Waals surface area contributed by atoms with Gasteiger partial charge in [-0.05, 0) is 24.3 Å². The van der Waals surface area contributed by atoms with Crippen molar-refractivity contribution in [2.45, 2.75) is 32.0 Å². The van der Waals surface area contributed by atoms with Gasteiger partial charge in [-0.3, -0.25) is 4.90 Å². The number of halogens is 4. The Morgan fingerprint density at radius 2 is 2.20 bits per heavy atom. The molecule has 30 heavy (non-hydrogen) atoms. The van der Waals surface area contributed by atoms with E-state index in [1.54, 1.807) is 18.2 Å². The van der Waals surface area contributed by atoms with Crippen LogP contribution < -0.4 is 4.90 Å². The van der Waals surface area contributed by atoms with E-state index >= 15 is 4.39 Å². The van der Waals surface area contributed by atoms with E-state index in [1.807, 2.05) is 0 Å². The Bertz CT molecular complexity index is 1050. The van der Waals surface area contributed by atoms with E-state index in [4.69, 9.17) is 9.47 Å². The summed E-state index contributed by atoms with van der Waals surface area (Å²) in [4.78, 5) is 20.8. The number of hydrogen-bond donors (Lipinski definition) is 1. The van der Waals surface area contributed by atoms with E-state index < -0.39 is 47.8 Å². The second kappa shape index (κ2) is 7.03. The molecular weight excluding hydrogens is 406 g/mol. The number of aromatic amines is 1. The van der Waals surface area contributed by atoms with Crippen LogP contribution in [0.5, 0.6) is 0 Å². The molecule has 1 amide bonds. The molecule has 0 bridgehead atoms. The lowest BCUT2D eigenvalue weighted by molar-refractivity contribution is -0.0446. The van der Waals surface area contributed by atoms with Crippen molar-refractivity contribution in [3.8, 4) is 0 Å². The van der Waals surface area contributed by atoms with E-state index in [-0.39, 0.29) is 6.61 Å². The maximum Gasteiger partial charge on any atom is 0.414 e. The van der Waals surface area contributed by atoms with Gasteiger partial charge in [0.1, 0.15) is 6.61 Å². The van der Waals surface area contributed by atoms with Crippen LogP contribution in [-0.2, 0) is 9.47 Å². The van der Waals surface area contributed by atoms with Gasteiger partial charge in [0.05, 0.1) is 23.4 Å². The fraction of sp³-hybridized carbons (Fsp3) is 0.400. The van der Waals surface area contributed by atoms with Crippen LogP contribution in [0.15, 0.2) is 48.3 Å². The number of amides is 1. The van der Waals surface area contributed by atoms with Crippen molar-refractivity contribution in [3.05, 3.63) is 48.3 Å². The first-order chi connectivity index (χ1) is 14.1. The molecule has 1 saturated heterocycles. The number of nitrogens with zero attached hydrogens (tertiary/aromatic N) is 2. The summed E-state index contributed by atoms with van der Waals surface area (Å²) < 4.78 is 65.8. The number of rotatable bonds is 5. The number of ether oxygens (including phenoxy) is 2. The van der Waals surface area contributed by atoms with Gasteiger partial charge in [0.15, 0.2) is 24.4 Å². The van der Waals surface area contributed by atoms with Crippen molar-refractivity contribution in [2.24, 2.45) is 5.41 Å². The van der Waals surface area contributed by atoms with Crippen molar-refractivity contribution in [1.82, 2.24) is 9.97 Å². The quantitative estimate of drug-likeness (QED) is 0.708. The van der Waals surface area contributed by atoms with Crippen molar-refractivity contribution in [2.75, 3.05) is 18.1 Å². The number of imidazole rings is 1. The number of benzene rings is 1. The smallest absolute Gasteiger partial charge is 0.414 e. The summed E-state index contributed by atoms with van der Waals surface area (Å²) in [7, 11) is 0. The molecule has 1 aliphatic heterocycles. The largest absolute Gasteiger partial charge is 0.485 e. The number of allylic oxidation sites excluding steroid dienone is 2. The van der Waals surface area contributed by atoms with Crippen LogP contribution in [0.1, 0.15) is 13.8 Å². The lowest BCUT2D eigenvalue weighted by Crippen LogP contribution is -2.50. The summed E-state index contributed by atoms with van der Waals surface area (Å²) in [6, 6.07) is 4.11. The number of nitrogens with one attached hydrogen (secondary N) is 1. The Hall–Kier alpha value is -3.04. The third kappa shape index (κ3) is 3.40. The molecule has 0 radical (unpaired) electrons. The topological polar surface area (TPSA) is 67.5 Å². The number of H-pyrrole nitrogens is 1. The number of anilines is 1. The lowest BCUT2D eigenvalue weighted by Gasteiger charge is -2.39. The van der Waals surface area contributed by atoms with Crippen LogP contribution in [-0.4, -0.2) is 47.4 Å². The fourth-order valence-electron chi connectivity index (χ4n) is 3.65. The Kier molecular flexibility index (Phi) is 4.74. The maximum absolute atomic E-state index is 15.2. The van der Waals surface area contributed by atoms with E-state index in [9.17, 15) is 18.0 Å². The molecular formula is C20H19F4N3O3. The number of carbonyl (C=O) groups is 1. The third-order valence-corrected chi connectivity index (χ3v) is 5.35. The van der Waals surface area contributed by atoms with Crippen LogP contribution in [0.2, 0.25) is 0 Å². The molecule has 4 rings (SSSR count). The number of cyclic esters (lactones) is 1. The molecule has 2 unspecified atom stereocenters. The fourth-order valence-corrected chi connectivity index (χ4v) is 3.65. The highest BCUT2D eigenvalue weighted by Gasteiger charge is 2.53. The monoisotopic (exact) mass is 425 g/mol. The summed E-state index contributed by atoms with van der Waals surface area (Å²) in [6.07, 6.45) is 1.03. The van der Waals surface area contributed by atoms with Crippen molar-refractivity contribution in [1.29, 1.82) is 0 Å². The average Bonchev–Trinajstić information content (AvgIpc) is 3.30. The van der Waals surface area contributed by atoms with Gasteiger partial charge >= 0.3 is 6.09 Å². The zero-order valence-electron chi connectivity index (χ0n) is 16.2. The second-order valence-corrected chi connectivity index (χ2v) is 7.70. The van der Waals surface area contributed by atoms with Gasteiger partial charge in [-0.1, -0.05) is 13.0 Å². The minimum atomic E-state index is -3.19. The van der Waals surface area contributed by atoms with Gasteiger partial charge in [-0.25, -0.2) is 27.3 Å². The Labute approximate surface area is 169 Å². The molecule has 1 fully saturated rings. The van der Waals surface area contributed by atoms with E-state index in [0.29, 0.717) is 18.1 Å². The zero-order valence-corrected chi connectivity index (χ0v) is 16.2. The van der Waals surface area contributed by atoms with Gasteiger partial charge in [-0.15, -0.1) is 0 Å². The van der Waals surface area contributed by atoms with E-state index in [2.05, 4.69) is 9.97 Å². The molecule has 1 aromatic carbocycles. The maximum atomic E-state index is 15.2. The number of fused-ring (bicyclic) bond motifs is 1. The van der Waals surface area contributed by atoms with Crippen LogP contribution in [0.25, 0.3) is 11.0 Å². The summed E-state index contributed by atoms with van der Waals surface area (Å²) in [5, 5.41) is 0. The molecule has 1 N–H and O–H groups in total. The second-order valence-electron chi connectivity index (χ2n) is 7.70. The first-order valence-electron chi connectivity index (χ1n) is 9.23. The summed E-state index contributed by atoms with van der Waals surface area (Å²) >= 11 is 0. The molecule has 3 atom stereocenters. The minimum Gasteiger partial charge on any atom is -0.485 e. The number of hydrogen-bond acceptors (Lipinski definition) is 4. The van der Waals surface area contributed by atoms with Crippen molar-refractivity contribution < 1.29 is 31.8 Å². The molecule has 2 aromatic rings. The predicted octanol–water partition coefficient (Wildman–Crippen LogP) is 4.66. The first kappa shape index (κ1) is 20.2. The molecule has 10 heteroatoms. The highest BCUT2D eigenvalue weighted by atomic mass is 19.3. The zero-order chi connectivity index (χ0) is 21.7. The summed E-state index contributed by atoms with van der Waals surface area (Å²) in [5.41, 5.74) is 0.243. The normalized spacial score (nSPS) is 27.1. The Balaban J connectivity index is 1.64. The van der Waals surface area contributed by atoms with Gasteiger partial charge in [0.2, 0.25) is 0 Å². The molecule has 0 saturated carbocycles. The van der Waals surface area contributed by atoms with Gasteiger partial charge in [0, 0.05) is 18.0 Å². The first-order valence-corrected chi connectivity index (χ1v) is 9.23. The predicted molar refractivity (Wildman–Crippen MR) is 101 cm³/mol. The molecule has 2 aliphatic rings. The average molecular weight is 425 g/mol. The summed E-state index contributed by atoms with van der Waals surface area (Å²) in [5.74, 6) is -5.08. The van der Waals surface area contributed by atoms with Crippen molar-refractivity contribution >= 4 is 22.8 Å². The summed E-state index contributed by atoms with van der Waals surface area (Å²) in [6.45, 7) is 0.801. The van der Waals surface area contributed by atoms with E-state index in [0.717, 1.165) is 11.6 Å². The SMILES string of the molecule is CC(F)(F)COC1=C(F)C(F)C(C)([C@H]2COC(=O)N2c2ccc3[nH]cnc3c2)C=C1. The molecule has 2 heterocycles. The molecule has 1 aliphatic carbocycles. The number of alkyl halides is 3. The number of aromatic nitrogens is 2. The van der Waals surface area contributed by atoms with Crippen LogP contribution >= 0.6 is 0 Å². The third-order valence-electron chi connectivity index (χ3n) is 5.35. The van der Waals surface area contributed by atoms with E-state index in [1.165, 1.54) is 24.2 Å². The highest BCUT2D eigenvalue weighted by molar-refractivity contribution is 5.93. The molecule has 160 valence electrons. The highest BCUT2D eigenvalue weighted by Crippen LogP contribution is 2.45. The minimum absolute atomic E-state index is 0.171. The van der Waals surface area contributed by atoms with Crippen molar-refractivity contribution in [3.63, 3.8) is 0 Å². The van der Waals surface area contributed by atoms with Gasteiger partial charge < -0.3 is 14.5 Å². The Morgan fingerprint density at radius 3 is 2.93 bits per heavy atom. The van der Waals surface area contributed by atoms with Crippen LogP contribution in [0, 0.1) is 5.41 Å².